The Morgan fingerprint density at radius 1 is 0.423 bits per heavy atom. The van der Waals surface area contributed by atoms with E-state index in [4.69, 9.17) is 0 Å². The number of benzene rings is 7. The number of fused-ring (bicyclic) bond motifs is 10. The highest BCUT2D eigenvalue weighted by Gasteiger charge is 2.42. The quantitative estimate of drug-likeness (QED) is 0.177. The minimum Gasteiger partial charge on any atom is -0.311 e. The van der Waals surface area contributed by atoms with Crippen molar-refractivity contribution in [2.75, 3.05) is 4.90 Å². The summed E-state index contributed by atoms with van der Waals surface area (Å²) in [5.41, 5.74) is 17.3. The summed E-state index contributed by atoms with van der Waals surface area (Å²) in [6.07, 6.45) is 3.85. The molecular formula is C47H29BN4. The molecule has 5 heterocycles. The molecule has 0 bridgehead atoms. The van der Waals surface area contributed by atoms with Gasteiger partial charge in [0.15, 0.2) is 0 Å². The van der Waals surface area contributed by atoms with Crippen molar-refractivity contribution in [3.8, 4) is 22.5 Å². The molecule has 0 atom stereocenters. The molecule has 0 fully saturated rings. The van der Waals surface area contributed by atoms with Crippen molar-refractivity contribution >= 4 is 83.8 Å². The first-order chi connectivity index (χ1) is 25.9. The van der Waals surface area contributed by atoms with E-state index in [0.29, 0.717) is 0 Å². The molecule has 3 aromatic heterocycles. The maximum absolute atomic E-state index is 4.48. The normalized spacial score (nSPS) is 12.9. The summed E-state index contributed by atoms with van der Waals surface area (Å²) >= 11 is 0. The largest absolute Gasteiger partial charge is 0.311 e. The molecule has 2 aliphatic rings. The summed E-state index contributed by atoms with van der Waals surface area (Å²) in [6, 6.07) is 60.1. The van der Waals surface area contributed by atoms with Gasteiger partial charge >= 0.3 is 0 Å². The van der Waals surface area contributed by atoms with Crippen LogP contribution in [0.25, 0.3) is 66.1 Å². The number of pyridine rings is 1. The predicted octanol–water partition coefficient (Wildman–Crippen LogP) is 9.56. The second-order valence-corrected chi connectivity index (χ2v) is 13.9. The lowest BCUT2D eigenvalue weighted by Crippen LogP contribution is -2.60. The first-order valence-electron chi connectivity index (χ1n) is 17.9. The molecule has 0 unspecified atom stereocenters. The molecule has 2 aliphatic heterocycles. The minimum atomic E-state index is 0.0978. The number of nitrogens with zero attached hydrogens (tertiary/aromatic N) is 4. The average Bonchev–Trinajstić information content (AvgIpc) is 3.73. The molecule has 5 heteroatoms. The van der Waals surface area contributed by atoms with Gasteiger partial charge in [-0.2, -0.15) is 0 Å². The Balaban J connectivity index is 1.31. The van der Waals surface area contributed by atoms with E-state index in [1.807, 2.05) is 12.4 Å². The third kappa shape index (κ3) is 3.54. The zero-order valence-corrected chi connectivity index (χ0v) is 28.1. The highest BCUT2D eigenvalue weighted by molar-refractivity contribution is 7.00. The fourth-order valence-electron chi connectivity index (χ4n) is 9.43. The van der Waals surface area contributed by atoms with Crippen molar-refractivity contribution in [3.63, 3.8) is 0 Å². The Morgan fingerprint density at radius 3 is 1.88 bits per heavy atom. The van der Waals surface area contributed by atoms with Crippen LogP contribution >= 0.6 is 0 Å². The number of aromatic nitrogens is 3. The number of para-hydroxylation sites is 5. The SMILES string of the molecule is c1ccc(N2c3ccccc3B3c4c2cccc4-n2c4c3cccc4c3cc4c5ccccc5n(-c5ccccc5)c4c(-c4ccncc4)c32)cc1. The molecule has 0 radical (unpaired) electrons. The molecule has 0 saturated carbocycles. The van der Waals surface area contributed by atoms with Crippen molar-refractivity contribution < 1.29 is 0 Å². The molecule has 0 saturated heterocycles. The van der Waals surface area contributed by atoms with Crippen LogP contribution in [0.4, 0.5) is 17.1 Å². The molecule has 52 heavy (non-hydrogen) atoms. The average molecular weight is 661 g/mol. The molecule has 0 amide bonds. The van der Waals surface area contributed by atoms with Crippen LogP contribution in [0.3, 0.4) is 0 Å². The fourth-order valence-corrected chi connectivity index (χ4v) is 9.43. The Labute approximate surface area is 300 Å². The summed E-state index contributed by atoms with van der Waals surface area (Å²) < 4.78 is 5.06. The van der Waals surface area contributed by atoms with Crippen LogP contribution < -0.4 is 21.3 Å². The Kier molecular flexibility index (Phi) is 5.55. The zero-order valence-electron chi connectivity index (χ0n) is 28.1. The van der Waals surface area contributed by atoms with E-state index in [0.717, 1.165) is 16.9 Å². The zero-order chi connectivity index (χ0) is 33.9. The smallest absolute Gasteiger partial charge is 0.252 e. The second kappa shape index (κ2) is 10.3. The lowest BCUT2D eigenvalue weighted by molar-refractivity contribution is 1.16. The van der Waals surface area contributed by atoms with Crippen LogP contribution in [-0.4, -0.2) is 20.8 Å². The van der Waals surface area contributed by atoms with E-state index in [1.54, 1.807) is 0 Å². The van der Waals surface area contributed by atoms with Gasteiger partial charge in [0.05, 0.1) is 16.6 Å². The van der Waals surface area contributed by atoms with Gasteiger partial charge in [0.2, 0.25) is 0 Å². The summed E-state index contributed by atoms with van der Waals surface area (Å²) in [5, 5.41) is 5.03. The third-order valence-corrected chi connectivity index (χ3v) is 11.4. The molecule has 240 valence electrons. The van der Waals surface area contributed by atoms with Gasteiger partial charge in [-0.25, -0.2) is 0 Å². The minimum absolute atomic E-state index is 0.0978. The van der Waals surface area contributed by atoms with Crippen molar-refractivity contribution in [1.29, 1.82) is 0 Å². The molecule has 10 aromatic rings. The van der Waals surface area contributed by atoms with Crippen molar-refractivity contribution in [3.05, 3.63) is 176 Å². The fraction of sp³-hybridized carbons (Fsp3) is 0. The molecule has 4 nitrogen and oxygen atoms in total. The van der Waals surface area contributed by atoms with Crippen molar-refractivity contribution in [2.24, 2.45) is 0 Å². The lowest BCUT2D eigenvalue weighted by atomic mass is 9.34. The highest BCUT2D eigenvalue weighted by atomic mass is 15.2. The predicted molar refractivity (Wildman–Crippen MR) is 218 cm³/mol. The Hall–Kier alpha value is -6.85. The standard InChI is InChI=1S/C47H29BN4/c1-3-13-31(14-4-1)50-40-22-10-8-19-37(40)48-38-20-11-18-34-36-29-35-33-17-7-9-21-39(33)51(32-15-5-2-6-16-32)46(35)43(30-25-27-49-28-26-30)47(36)52(45(34)38)42-24-12-23-41(50)44(42)48/h1-29H. The van der Waals surface area contributed by atoms with Crippen LogP contribution in [0, 0.1) is 0 Å². The van der Waals surface area contributed by atoms with E-state index in [-0.39, 0.29) is 6.71 Å². The maximum Gasteiger partial charge on any atom is 0.252 e. The van der Waals surface area contributed by atoms with Gasteiger partial charge in [-0.15, -0.1) is 0 Å². The second-order valence-electron chi connectivity index (χ2n) is 13.9. The van der Waals surface area contributed by atoms with Gasteiger partial charge < -0.3 is 14.0 Å². The molecule has 7 aromatic carbocycles. The summed E-state index contributed by atoms with van der Waals surface area (Å²) in [6.45, 7) is 0.0978. The van der Waals surface area contributed by atoms with Crippen LogP contribution in [0.5, 0.6) is 0 Å². The van der Waals surface area contributed by atoms with Crippen LogP contribution in [0.2, 0.25) is 0 Å². The Morgan fingerprint density at radius 2 is 1.04 bits per heavy atom. The molecular weight excluding hydrogens is 631 g/mol. The number of hydrogen-bond donors (Lipinski definition) is 0. The van der Waals surface area contributed by atoms with E-state index in [1.165, 1.54) is 82.6 Å². The molecule has 0 aliphatic carbocycles. The number of rotatable bonds is 3. The summed E-state index contributed by atoms with van der Waals surface area (Å²) in [7, 11) is 0. The van der Waals surface area contributed by atoms with Crippen molar-refractivity contribution in [2.45, 2.75) is 0 Å². The molecule has 0 spiro atoms. The van der Waals surface area contributed by atoms with E-state index < -0.39 is 0 Å². The van der Waals surface area contributed by atoms with Crippen LogP contribution in [0.1, 0.15) is 0 Å². The van der Waals surface area contributed by atoms with E-state index in [9.17, 15) is 0 Å². The highest BCUT2D eigenvalue weighted by Crippen LogP contribution is 2.48. The summed E-state index contributed by atoms with van der Waals surface area (Å²) in [5.74, 6) is 0. The van der Waals surface area contributed by atoms with Crippen molar-refractivity contribution in [1.82, 2.24) is 14.1 Å². The lowest BCUT2D eigenvalue weighted by Gasteiger charge is -2.40. The first kappa shape index (κ1) is 27.9. The third-order valence-electron chi connectivity index (χ3n) is 11.4. The van der Waals surface area contributed by atoms with Gasteiger partial charge in [0, 0.05) is 73.5 Å². The first-order valence-corrected chi connectivity index (χ1v) is 17.9. The summed E-state index contributed by atoms with van der Waals surface area (Å²) in [4.78, 5) is 6.94. The van der Waals surface area contributed by atoms with Crippen LogP contribution in [0.15, 0.2) is 176 Å². The van der Waals surface area contributed by atoms with Gasteiger partial charge in [-0.1, -0.05) is 97.1 Å². The van der Waals surface area contributed by atoms with Crippen LogP contribution in [-0.2, 0) is 0 Å². The van der Waals surface area contributed by atoms with Gasteiger partial charge in [0.1, 0.15) is 0 Å². The maximum atomic E-state index is 4.48. The number of hydrogen-bond acceptors (Lipinski definition) is 2. The monoisotopic (exact) mass is 660 g/mol. The van der Waals surface area contributed by atoms with E-state index >= 15 is 0 Å². The van der Waals surface area contributed by atoms with Gasteiger partial charge in [-0.05, 0) is 88.7 Å². The van der Waals surface area contributed by atoms with Gasteiger partial charge in [-0.3, -0.25) is 4.98 Å². The van der Waals surface area contributed by atoms with E-state index in [2.05, 4.69) is 183 Å². The molecule has 12 rings (SSSR count). The molecule has 0 N–H and O–H groups in total. The topological polar surface area (TPSA) is 26.0 Å². The van der Waals surface area contributed by atoms with Gasteiger partial charge in [0.25, 0.3) is 6.71 Å². The number of anilines is 3. The Bertz CT molecular complexity index is 3070.